The number of aliphatic hydroxyl groups excluding tert-OH is 1. The number of carboxylic acids is 1. The van der Waals surface area contributed by atoms with Gasteiger partial charge >= 0.3 is 5.97 Å². The molecule has 0 fully saturated rings. The Balaban J connectivity index is 4.07. The molecular formula is C11H22N2O4. The standard InChI is InChI=1S/C11H22N2O4/c1-7(2)5-8(6-14)13-11(17)9(12)3-4-10(15)16/h7-9,14H,3-6,12H2,1-2H3,(H,13,17)(H,15,16). The lowest BCUT2D eigenvalue weighted by Gasteiger charge is -2.20. The second-order valence-electron chi connectivity index (χ2n) is 4.56. The SMILES string of the molecule is CC(C)CC(CO)NC(=O)C(N)CCC(=O)O. The summed E-state index contributed by atoms with van der Waals surface area (Å²) < 4.78 is 0. The number of nitrogens with two attached hydrogens (primary N) is 1. The summed E-state index contributed by atoms with van der Waals surface area (Å²) >= 11 is 0. The van der Waals surface area contributed by atoms with Gasteiger partial charge in [0.2, 0.25) is 5.91 Å². The average Bonchev–Trinajstić information content (AvgIpc) is 2.23. The van der Waals surface area contributed by atoms with E-state index in [0.717, 1.165) is 0 Å². The summed E-state index contributed by atoms with van der Waals surface area (Å²) in [4.78, 5) is 21.9. The van der Waals surface area contributed by atoms with Gasteiger partial charge in [0.25, 0.3) is 0 Å². The van der Waals surface area contributed by atoms with Crippen LogP contribution in [0.15, 0.2) is 0 Å². The van der Waals surface area contributed by atoms with Crippen molar-refractivity contribution in [3.05, 3.63) is 0 Å². The predicted molar refractivity (Wildman–Crippen MR) is 63.3 cm³/mol. The van der Waals surface area contributed by atoms with Crippen LogP contribution in [0.2, 0.25) is 0 Å². The van der Waals surface area contributed by atoms with Crippen molar-refractivity contribution >= 4 is 11.9 Å². The van der Waals surface area contributed by atoms with Gasteiger partial charge in [-0.3, -0.25) is 9.59 Å². The minimum absolute atomic E-state index is 0.0982. The van der Waals surface area contributed by atoms with Crippen LogP contribution in [-0.2, 0) is 9.59 Å². The van der Waals surface area contributed by atoms with Crippen molar-refractivity contribution < 1.29 is 19.8 Å². The number of amides is 1. The zero-order chi connectivity index (χ0) is 13.4. The molecule has 0 saturated heterocycles. The number of carbonyl (C=O) groups excluding carboxylic acids is 1. The normalized spacial score (nSPS) is 14.4. The van der Waals surface area contributed by atoms with Crippen molar-refractivity contribution in [2.45, 2.75) is 45.2 Å². The molecule has 0 aromatic rings. The molecule has 0 aliphatic carbocycles. The quantitative estimate of drug-likeness (QED) is 0.470. The van der Waals surface area contributed by atoms with E-state index in [1.165, 1.54) is 0 Å². The molecule has 2 unspecified atom stereocenters. The van der Waals surface area contributed by atoms with E-state index in [1.54, 1.807) is 0 Å². The highest BCUT2D eigenvalue weighted by Gasteiger charge is 2.19. The van der Waals surface area contributed by atoms with Crippen molar-refractivity contribution in [1.82, 2.24) is 5.32 Å². The maximum absolute atomic E-state index is 11.6. The molecule has 0 spiro atoms. The Hall–Kier alpha value is -1.14. The fourth-order valence-corrected chi connectivity index (χ4v) is 1.47. The third-order valence-corrected chi connectivity index (χ3v) is 2.33. The second kappa shape index (κ2) is 8.03. The maximum atomic E-state index is 11.6. The number of aliphatic carboxylic acids is 1. The fraction of sp³-hybridized carbons (Fsp3) is 0.818. The highest BCUT2D eigenvalue weighted by molar-refractivity contribution is 5.82. The summed E-state index contributed by atoms with van der Waals surface area (Å²) in [6.45, 7) is 3.83. The van der Waals surface area contributed by atoms with Crippen molar-refractivity contribution in [1.29, 1.82) is 0 Å². The van der Waals surface area contributed by atoms with E-state index in [4.69, 9.17) is 15.9 Å². The Kier molecular flexibility index (Phi) is 7.49. The van der Waals surface area contributed by atoms with Crippen LogP contribution in [-0.4, -0.2) is 40.8 Å². The van der Waals surface area contributed by atoms with Gasteiger partial charge in [0, 0.05) is 6.42 Å². The van der Waals surface area contributed by atoms with E-state index < -0.39 is 17.9 Å². The maximum Gasteiger partial charge on any atom is 0.303 e. The van der Waals surface area contributed by atoms with Gasteiger partial charge in [0.1, 0.15) is 0 Å². The molecule has 0 saturated carbocycles. The number of hydrogen-bond donors (Lipinski definition) is 4. The van der Waals surface area contributed by atoms with E-state index in [9.17, 15) is 9.59 Å². The van der Waals surface area contributed by atoms with Crippen LogP contribution < -0.4 is 11.1 Å². The highest BCUT2D eigenvalue weighted by atomic mass is 16.4. The summed E-state index contributed by atoms with van der Waals surface area (Å²) in [5, 5.41) is 20.2. The van der Waals surface area contributed by atoms with E-state index >= 15 is 0 Å². The van der Waals surface area contributed by atoms with Gasteiger partial charge in [-0.15, -0.1) is 0 Å². The second-order valence-corrected chi connectivity index (χ2v) is 4.56. The molecule has 0 aliphatic rings. The Morgan fingerprint density at radius 1 is 1.35 bits per heavy atom. The first-order valence-corrected chi connectivity index (χ1v) is 5.75. The van der Waals surface area contributed by atoms with Gasteiger partial charge in [0.05, 0.1) is 18.7 Å². The zero-order valence-corrected chi connectivity index (χ0v) is 10.3. The Labute approximate surface area is 101 Å². The minimum atomic E-state index is -0.978. The predicted octanol–water partition coefficient (Wildman–Crippen LogP) is -0.298. The first-order chi connectivity index (χ1) is 7.86. The van der Waals surface area contributed by atoms with E-state index in [2.05, 4.69) is 5.32 Å². The number of carbonyl (C=O) groups is 2. The molecule has 1 amide bonds. The lowest BCUT2D eigenvalue weighted by Crippen LogP contribution is -2.47. The van der Waals surface area contributed by atoms with Crippen molar-refractivity contribution in [2.24, 2.45) is 11.7 Å². The highest BCUT2D eigenvalue weighted by Crippen LogP contribution is 2.05. The first kappa shape index (κ1) is 15.9. The molecule has 100 valence electrons. The van der Waals surface area contributed by atoms with Gasteiger partial charge in [-0.05, 0) is 18.8 Å². The van der Waals surface area contributed by atoms with E-state index in [-0.39, 0.29) is 25.5 Å². The summed E-state index contributed by atoms with van der Waals surface area (Å²) in [5.74, 6) is -1.04. The lowest BCUT2D eigenvalue weighted by atomic mass is 10.0. The number of carboxylic acid groups (broad SMARTS) is 1. The molecule has 0 bridgehead atoms. The van der Waals surface area contributed by atoms with Crippen LogP contribution in [0.3, 0.4) is 0 Å². The van der Waals surface area contributed by atoms with Gasteiger partial charge in [-0.1, -0.05) is 13.8 Å². The first-order valence-electron chi connectivity index (χ1n) is 5.75. The largest absolute Gasteiger partial charge is 0.481 e. The number of nitrogens with one attached hydrogen (secondary N) is 1. The van der Waals surface area contributed by atoms with Crippen LogP contribution in [0.5, 0.6) is 0 Å². The zero-order valence-electron chi connectivity index (χ0n) is 10.3. The number of hydrogen-bond acceptors (Lipinski definition) is 4. The Bertz CT molecular complexity index is 256. The van der Waals surface area contributed by atoms with Gasteiger partial charge < -0.3 is 21.3 Å². The number of aliphatic hydroxyl groups is 1. The third-order valence-electron chi connectivity index (χ3n) is 2.33. The van der Waals surface area contributed by atoms with Crippen LogP contribution in [0.4, 0.5) is 0 Å². The molecule has 0 aliphatic heterocycles. The molecule has 6 heteroatoms. The van der Waals surface area contributed by atoms with Gasteiger partial charge in [0.15, 0.2) is 0 Å². The summed E-state index contributed by atoms with van der Waals surface area (Å²) in [5.41, 5.74) is 5.54. The van der Waals surface area contributed by atoms with Crippen LogP contribution in [0, 0.1) is 5.92 Å². The molecule has 5 N–H and O–H groups in total. The van der Waals surface area contributed by atoms with Crippen molar-refractivity contribution in [3.8, 4) is 0 Å². The van der Waals surface area contributed by atoms with Gasteiger partial charge in [-0.25, -0.2) is 0 Å². The molecular weight excluding hydrogens is 224 g/mol. The lowest BCUT2D eigenvalue weighted by molar-refractivity contribution is -0.137. The Morgan fingerprint density at radius 3 is 2.35 bits per heavy atom. The topological polar surface area (TPSA) is 113 Å². The smallest absolute Gasteiger partial charge is 0.303 e. The molecule has 0 rings (SSSR count). The molecule has 0 radical (unpaired) electrons. The van der Waals surface area contributed by atoms with Gasteiger partial charge in [-0.2, -0.15) is 0 Å². The molecule has 17 heavy (non-hydrogen) atoms. The molecule has 6 nitrogen and oxygen atoms in total. The minimum Gasteiger partial charge on any atom is -0.481 e. The molecule has 0 aromatic carbocycles. The summed E-state index contributed by atoms with van der Waals surface area (Å²) in [7, 11) is 0. The fourth-order valence-electron chi connectivity index (χ4n) is 1.47. The molecule has 2 atom stereocenters. The number of rotatable bonds is 8. The van der Waals surface area contributed by atoms with Crippen molar-refractivity contribution in [2.75, 3.05) is 6.61 Å². The van der Waals surface area contributed by atoms with Crippen LogP contribution in [0.1, 0.15) is 33.1 Å². The van der Waals surface area contributed by atoms with Crippen LogP contribution >= 0.6 is 0 Å². The molecule has 0 aromatic heterocycles. The molecule has 0 heterocycles. The summed E-state index contributed by atoms with van der Waals surface area (Å²) in [6.07, 6.45) is 0.622. The summed E-state index contributed by atoms with van der Waals surface area (Å²) in [6, 6.07) is -1.16. The van der Waals surface area contributed by atoms with E-state index in [0.29, 0.717) is 12.3 Å². The third kappa shape index (κ3) is 7.70. The van der Waals surface area contributed by atoms with E-state index in [1.807, 2.05) is 13.8 Å². The Morgan fingerprint density at radius 2 is 1.94 bits per heavy atom. The monoisotopic (exact) mass is 246 g/mol. The van der Waals surface area contributed by atoms with Crippen LogP contribution in [0.25, 0.3) is 0 Å². The van der Waals surface area contributed by atoms with Crippen molar-refractivity contribution in [3.63, 3.8) is 0 Å². The average molecular weight is 246 g/mol.